The molecule has 0 aliphatic carbocycles. The lowest BCUT2D eigenvalue weighted by Crippen LogP contribution is -2.40. The van der Waals surface area contributed by atoms with E-state index in [0.717, 1.165) is 16.7 Å². The van der Waals surface area contributed by atoms with Crippen molar-refractivity contribution in [3.05, 3.63) is 93.8 Å². The van der Waals surface area contributed by atoms with E-state index < -0.39 is 21.8 Å². The molecule has 0 saturated heterocycles. The highest BCUT2D eigenvalue weighted by Crippen LogP contribution is 2.37. The molecule has 3 aromatic carbocycles. The Morgan fingerprint density at radius 3 is 2.60 bits per heavy atom. The average Bonchev–Trinajstić information content (AvgIpc) is 2.78. The number of aliphatic carboxylic acids is 1. The van der Waals surface area contributed by atoms with Gasteiger partial charge in [-0.25, -0.2) is 12.8 Å². The fourth-order valence-corrected chi connectivity index (χ4v) is 6.52. The second kappa shape index (κ2) is 9.84. The molecule has 0 radical (unpaired) electrons. The lowest BCUT2D eigenvalue weighted by Gasteiger charge is -2.35. The third-order valence-electron chi connectivity index (χ3n) is 6.09. The van der Waals surface area contributed by atoms with E-state index in [0.29, 0.717) is 28.3 Å². The molecule has 4 rings (SSSR count). The Morgan fingerprint density at radius 1 is 1.17 bits per heavy atom. The molecule has 0 aromatic heterocycles. The number of hydrogen-bond donors (Lipinski definition) is 1. The summed E-state index contributed by atoms with van der Waals surface area (Å²) in [5.41, 5.74) is 3.72. The van der Waals surface area contributed by atoms with Crippen LogP contribution in [0.5, 0.6) is 0 Å². The number of sulfonamides is 1. The van der Waals surface area contributed by atoms with E-state index in [9.17, 15) is 22.7 Å². The van der Waals surface area contributed by atoms with E-state index in [2.05, 4.69) is 0 Å². The van der Waals surface area contributed by atoms with Crippen molar-refractivity contribution >= 4 is 44.9 Å². The summed E-state index contributed by atoms with van der Waals surface area (Å²) in [6, 6.07) is 16.5. The molecule has 5 nitrogen and oxygen atoms in total. The van der Waals surface area contributed by atoms with Gasteiger partial charge < -0.3 is 5.11 Å². The molecule has 8 heteroatoms. The maximum atomic E-state index is 14.4. The van der Waals surface area contributed by atoms with E-state index in [4.69, 9.17) is 11.6 Å². The highest BCUT2D eigenvalue weighted by Gasteiger charge is 2.34. The van der Waals surface area contributed by atoms with Gasteiger partial charge in [0.25, 0.3) is 10.0 Å². The monoisotopic (exact) mass is 513 g/mol. The average molecular weight is 514 g/mol. The maximum Gasteiger partial charge on any atom is 0.303 e. The minimum atomic E-state index is -3.90. The standard InChI is InChI=1S/C27H25ClFNO4S/c1-17-5-3-6-22(11-17)35(33,34)30-16-20(15-26(31)32)14-21-13-19(9-10-25(21)30)12-18(2)27-23(28)7-4-8-24(27)29/h3-13,20H,14-16H2,1-2H3,(H,31,32)/b18-12+. The molecule has 3 aromatic rings. The first kappa shape index (κ1) is 24.9. The Bertz CT molecular complexity index is 1410. The molecule has 0 amide bonds. The minimum absolute atomic E-state index is 0.0780. The molecule has 1 atom stereocenters. The number of carboxylic acid groups (broad SMARTS) is 1. The van der Waals surface area contributed by atoms with Crippen molar-refractivity contribution in [1.29, 1.82) is 0 Å². The summed E-state index contributed by atoms with van der Waals surface area (Å²) in [7, 11) is -3.90. The molecular formula is C27H25ClFNO4S. The summed E-state index contributed by atoms with van der Waals surface area (Å²) in [5, 5.41) is 9.68. The summed E-state index contributed by atoms with van der Waals surface area (Å²) in [4.78, 5) is 11.6. The zero-order chi connectivity index (χ0) is 25.3. The Balaban J connectivity index is 1.78. The summed E-state index contributed by atoms with van der Waals surface area (Å²) in [5.74, 6) is -1.80. The topological polar surface area (TPSA) is 74.7 Å². The molecule has 1 aliphatic heterocycles. The number of halogens is 2. The first-order valence-corrected chi connectivity index (χ1v) is 12.9. The predicted molar refractivity (Wildman–Crippen MR) is 137 cm³/mol. The van der Waals surface area contributed by atoms with Crippen LogP contribution < -0.4 is 4.31 Å². The van der Waals surface area contributed by atoms with Crippen LogP contribution in [0.1, 0.15) is 35.6 Å². The minimum Gasteiger partial charge on any atom is -0.481 e. The van der Waals surface area contributed by atoms with Crippen molar-refractivity contribution in [3.63, 3.8) is 0 Å². The number of benzene rings is 3. The number of aryl methyl sites for hydroxylation is 1. The van der Waals surface area contributed by atoms with Gasteiger partial charge in [0.15, 0.2) is 0 Å². The molecule has 0 saturated carbocycles. The first-order valence-electron chi connectivity index (χ1n) is 11.1. The lowest BCUT2D eigenvalue weighted by molar-refractivity contribution is -0.138. The van der Waals surface area contributed by atoms with Crippen LogP contribution >= 0.6 is 11.6 Å². The van der Waals surface area contributed by atoms with Crippen LogP contribution in [0.3, 0.4) is 0 Å². The lowest BCUT2D eigenvalue weighted by atomic mass is 9.90. The molecule has 182 valence electrons. The van der Waals surface area contributed by atoms with Crippen molar-refractivity contribution in [2.24, 2.45) is 5.92 Å². The van der Waals surface area contributed by atoms with E-state index in [1.165, 1.54) is 10.4 Å². The number of carboxylic acids is 1. The molecule has 35 heavy (non-hydrogen) atoms. The number of fused-ring (bicyclic) bond motifs is 1. The van der Waals surface area contributed by atoms with Crippen molar-refractivity contribution < 1.29 is 22.7 Å². The molecule has 0 bridgehead atoms. The van der Waals surface area contributed by atoms with E-state index in [1.54, 1.807) is 55.5 Å². The molecule has 1 heterocycles. The fourth-order valence-electron chi connectivity index (χ4n) is 4.52. The van der Waals surface area contributed by atoms with Gasteiger partial charge in [0.2, 0.25) is 0 Å². The van der Waals surface area contributed by atoms with Gasteiger partial charge in [0.05, 0.1) is 22.0 Å². The predicted octanol–water partition coefficient (Wildman–Crippen LogP) is 6.19. The van der Waals surface area contributed by atoms with Crippen molar-refractivity contribution in [2.75, 3.05) is 10.8 Å². The van der Waals surface area contributed by atoms with Crippen LogP contribution in [-0.2, 0) is 21.2 Å². The zero-order valence-electron chi connectivity index (χ0n) is 19.3. The Labute approximate surface area is 209 Å². The number of anilines is 1. The van der Waals surface area contributed by atoms with Crippen molar-refractivity contribution in [1.82, 2.24) is 0 Å². The first-order chi connectivity index (χ1) is 16.6. The smallest absolute Gasteiger partial charge is 0.303 e. The van der Waals surface area contributed by atoms with Crippen LogP contribution in [0.15, 0.2) is 65.6 Å². The quantitative estimate of drug-likeness (QED) is 0.399. The van der Waals surface area contributed by atoms with Crippen molar-refractivity contribution in [2.45, 2.75) is 31.6 Å². The van der Waals surface area contributed by atoms with E-state index >= 15 is 0 Å². The van der Waals surface area contributed by atoms with Crippen LogP contribution in [0.2, 0.25) is 5.02 Å². The highest BCUT2D eigenvalue weighted by molar-refractivity contribution is 7.92. The molecule has 1 N–H and O–H groups in total. The summed E-state index contributed by atoms with van der Waals surface area (Å²) < 4.78 is 42.8. The highest BCUT2D eigenvalue weighted by atomic mass is 35.5. The molecule has 0 spiro atoms. The van der Waals surface area contributed by atoms with Crippen LogP contribution in [0, 0.1) is 18.7 Å². The summed E-state index contributed by atoms with van der Waals surface area (Å²) >= 11 is 6.20. The normalized spacial score (nSPS) is 16.2. The number of carbonyl (C=O) groups is 1. The van der Waals surface area contributed by atoms with Gasteiger partial charge in [-0.1, -0.05) is 41.9 Å². The SMILES string of the molecule is C/C(=C\c1ccc2c(c1)CC(CC(=O)O)CN2S(=O)(=O)c1cccc(C)c1)c1c(F)cccc1Cl. The Kier molecular flexibility index (Phi) is 7.01. The molecular weight excluding hydrogens is 489 g/mol. The van der Waals surface area contributed by atoms with Crippen LogP contribution in [0.25, 0.3) is 11.6 Å². The maximum absolute atomic E-state index is 14.4. The molecule has 1 unspecified atom stereocenters. The van der Waals surface area contributed by atoms with Gasteiger partial charge in [0.1, 0.15) is 5.82 Å². The summed E-state index contributed by atoms with van der Waals surface area (Å²) in [6.45, 7) is 3.65. The Hall–Kier alpha value is -3.16. The second-order valence-electron chi connectivity index (χ2n) is 8.83. The number of nitrogens with zero attached hydrogens (tertiary/aromatic N) is 1. The molecule has 0 fully saturated rings. The van der Waals surface area contributed by atoms with Gasteiger partial charge in [-0.15, -0.1) is 0 Å². The number of hydrogen-bond acceptors (Lipinski definition) is 3. The van der Waals surface area contributed by atoms with E-state index in [1.807, 2.05) is 19.1 Å². The van der Waals surface area contributed by atoms with Gasteiger partial charge in [-0.2, -0.15) is 0 Å². The Morgan fingerprint density at radius 2 is 1.91 bits per heavy atom. The summed E-state index contributed by atoms with van der Waals surface area (Å²) in [6.07, 6.45) is 2.05. The fraction of sp³-hybridized carbons (Fsp3) is 0.222. The number of rotatable bonds is 6. The largest absolute Gasteiger partial charge is 0.481 e. The van der Waals surface area contributed by atoms with Gasteiger partial charge >= 0.3 is 5.97 Å². The third kappa shape index (κ3) is 5.26. The number of allylic oxidation sites excluding steroid dienone is 1. The zero-order valence-corrected chi connectivity index (χ0v) is 20.9. The molecule has 1 aliphatic rings. The van der Waals surface area contributed by atoms with Gasteiger partial charge in [-0.3, -0.25) is 9.10 Å². The van der Waals surface area contributed by atoms with Crippen molar-refractivity contribution in [3.8, 4) is 0 Å². The van der Waals surface area contributed by atoms with Crippen LogP contribution in [0.4, 0.5) is 10.1 Å². The van der Waals surface area contributed by atoms with Crippen LogP contribution in [-0.4, -0.2) is 26.0 Å². The third-order valence-corrected chi connectivity index (χ3v) is 8.18. The second-order valence-corrected chi connectivity index (χ2v) is 11.1. The van der Waals surface area contributed by atoms with Gasteiger partial charge in [0, 0.05) is 12.1 Å². The van der Waals surface area contributed by atoms with E-state index in [-0.39, 0.29) is 23.8 Å². The van der Waals surface area contributed by atoms with Gasteiger partial charge in [-0.05, 0) is 84.8 Å².